The molecule has 3 aromatic rings. The molecule has 1 atom stereocenters. The van der Waals surface area contributed by atoms with Gasteiger partial charge in [-0.1, -0.05) is 49.4 Å². The van der Waals surface area contributed by atoms with Crippen LogP contribution in [-0.2, 0) is 15.8 Å². The normalized spacial score (nSPS) is 16.2. The first kappa shape index (κ1) is 24.1. The van der Waals surface area contributed by atoms with Gasteiger partial charge in [0.2, 0.25) is 10.0 Å². The predicted molar refractivity (Wildman–Crippen MR) is 125 cm³/mol. The van der Waals surface area contributed by atoms with Crippen molar-refractivity contribution in [1.29, 1.82) is 0 Å². The molecule has 0 bridgehead atoms. The zero-order chi connectivity index (χ0) is 24.3. The maximum absolute atomic E-state index is 13.7. The van der Waals surface area contributed by atoms with Crippen LogP contribution in [0.25, 0.3) is 11.0 Å². The Balaban J connectivity index is 1.32. The highest BCUT2D eigenvalue weighted by Crippen LogP contribution is 2.27. The number of nitrogens with zero attached hydrogens (tertiary/aromatic N) is 4. The molecule has 1 fully saturated rings. The van der Waals surface area contributed by atoms with E-state index in [-0.39, 0.29) is 50.3 Å². The topological polar surface area (TPSA) is 87.5 Å². The van der Waals surface area contributed by atoms with Gasteiger partial charge < -0.3 is 10.2 Å². The number of nitrogens with one attached hydrogen (secondary N) is 1. The van der Waals surface area contributed by atoms with Crippen LogP contribution in [0.1, 0.15) is 30.8 Å². The van der Waals surface area contributed by atoms with Crippen LogP contribution in [-0.4, -0.2) is 65.9 Å². The molecule has 4 rings (SSSR count). The van der Waals surface area contributed by atoms with E-state index in [9.17, 15) is 22.0 Å². The van der Waals surface area contributed by atoms with E-state index >= 15 is 0 Å². The number of aromatic nitrogens is 2. The number of rotatable bonds is 7. The van der Waals surface area contributed by atoms with Crippen LogP contribution >= 0.6 is 0 Å². The summed E-state index contributed by atoms with van der Waals surface area (Å²) in [6.07, 6.45) is 0. The first-order chi connectivity index (χ1) is 16.3. The van der Waals surface area contributed by atoms with Gasteiger partial charge in [0, 0.05) is 38.6 Å². The Bertz CT molecular complexity index is 1240. The van der Waals surface area contributed by atoms with Gasteiger partial charge in [0.1, 0.15) is 5.82 Å². The SMILES string of the molecule is C[C@H](CNC(=O)N1CCN(S(=O)(=O)Cc2ccccc2)CC1)c1nc2ccccc2n1C(F)F. The Hall–Kier alpha value is -3.05. The molecule has 0 unspecified atom stereocenters. The van der Waals surface area contributed by atoms with Crippen molar-refractivity contribution in [2.75, 3.05) is 32.7 Å². The number of carbonyl (C=O) groups excluding carboxylic acids is 1. The number of amides is 2. The minimum absolute atomic E-state index is 0.0807. The van der Waals surface area contributed by atoms with Crippen LogP contribution in [0.4, 0.5) is 13.6 Å². The molecule has 1 saturated heterocycles. The number of para-hydroxylation sites is 2. The smallest absolute Gasteiger partial charge is 0.320 e. The summed E-state index contributed by atoms with van der Waals surface area (Å²) in [6, 6.07) is 15.3. The van der Waals surface area contributed by atoms with E-state index in [1.807, 2.05) is 6.07 Å². The standard InChI is InChI=1S/C23H27F2N5O3S/c1-17(21-27-19-9-5-6-10-20(19)30(21)22(24)25)15-26-23(31)28-11-13-29(14-12-28)34(32,33)16-18-7-3-2-4-8-18/h2-10,17,22H,11-16H2,1H3,(H,26,31)/t17-/m1/s1. The van der Waals surface area contributed by atoms with E-state index in [1.165, 1.54) is 9.21 Å². The van der Waals surface area contributed by atoms with Crippen molar-refractivity contribution in [1.82, 2.24) is 24.1 Å². The second kappa shape index (κ2) is 10.1. The summed E-state index contributed by atoms with van der Waals surface area (Å²) >= 11 is 0. The van der Waals surface area contributed by atoms with E-state index in [2.05, 4.69) is 10.3 Å². The molecule has 34 heavy (non-hydrogen) atoms. The number of hydrogen-bond acceptors (Lipinski definition) is 4. The number of carbonyl (C=O) groups is 1. The Morgan fingerprint density at radius 3 is 2.35 bits per heavy atom. The maximum Gasteiger partial charge on any atom is 0.320 e. The molecule has 0 aliphatic carbocycles. The van der Waals surface area contributed by atoms with E-state index in [4.69, 9.17) is 0 Å². The predicted octanol–water partition coefficient (Wildman–Crippen LogP) is 3.39. The average molecular weight is 492 g/mol. The highest BCUT2D eigenvalue weighted by Gasteiger charge is 2.29. The maximum atomic E-state index is 13.7. The van der Waals surface area contributed by atoms with E-state index in [0.29, 0.717) is 16.6 Å². The molecule has 8 nitrogen and oxygen atoms in total. The zero-order valence-corrected chi connectivity index (χ0v) is 19.6. The molecule has 1 aliphatic heterocycles. The van der Waals surface area contributed by atoms with Crippen LogP contribution in [0.3, 0.4) is 0 Å². The Labute approximate surface area is 197 Å². The van der Waals surface area contributed by atoms with Gasteiger partial charge in [-0.3, -0.25) is 4.57 Å². The molecular weight excluding hydrogens is 464 g/mol. The van der Waals surface area contributed by atoms with Gasteiger partial charge in [-0.25, -0.2) is 18.2 Å². The molecular formula is C23H27F2N5O3S. The number of piperazine rings is 1. The van der Waals surface area contributed by atoms with Crippen LogP contribution in [0, 0.1) is 0 Å². The van der Waals surface area contributed by atoms with Crippen LogP contribution < -0.4 is 5.32 Å². The molecule has 11 heteroatoms. The van der Waals surface area contributed by atoms with Gasteiger partial charge in [0.05, 0.1) is 16.8 Å². The van der Waals surface area contributed by atoms with Crippen molar-refractivity contribution in [3.63, 3.8) is 0 Å². The fourth-order valence-corrected chi connectivity index (χ4v) is 5.62. The zero-order valence-electron chi connectivity index (χ0n) is 18.8. The fourth-order valence-electron chi connectivity index (χ4n) is 4.10. The van der Waals surface area contributed by atoms with Gasteiger partial charge in [0.15, 0.2) is 0 Å². The lowest BCUT2D eigenvalue weighted by Gasteiger charge is -2.34. The summed E-state index contributed by atoms with van der Waals surface area (Å²) in [4.78, 5) is 18.5. The molecule has 0 radical (unpaired) electrons. The quantitative estimate of drug-likeness (QED) is 0.549. The number of fused-ring (bicyclic) bond motifs is 1. The number of halogens is 2. The summed E-state index contributed by atoms with van der Waals surface area (Å²) < 4.78 is 55.1. The number of urea groups is 1. The minimum Gasteiger partial charge on any atom is -0.337 e. The van der Waals surface area contributed by atoms with E-state index in [1.54, 1.807) is 55.5 Å². The van der Waals surface area contributed by atoms with Gasteiger partial charge in [-0.15, -0.1) is 0 Å². The third-order valence-corrected chi connectivity index (χ3v) is 7.78. The molecule has 1 aromatic heterocycles. The number of alkyl halides is 2. The van der Waals surface area contributed by atoms with Crippen molar-refractivity contribution >= 4 is 27.1 Å². The summed E-state index contributed by atoms with van der Waals surface area (Å²) in [5.74, 6) is -0.325. The minimum atomic E-state index is -3.48. The molecule has 0 saturated carbocycles. The molecule has 182 valence electrons. The second-order valence-corrected chi connectivity index (χ2v) is 10.3. The summed E-state index contributed by atoms with van der Waals surface area (Å²) in [7, 11) is -3.48. The lowest BCUT2D eigenvalue weighted by Crippen LogP contribution is -2.53. The number of imidazole rings is 1. The third-order valence-electron chi connectivity index (χ3n) is 5.93. The molecule has 2 heterocycles. The Kier molecular flexibility index (Phi) is 7.13. The average Bonchev–Trinajstić information content (AvgIpc) is 3.23. The van der Waals surface area contributed by atoms with E-state index in [0.717, 1.165) is 4.57 Å². The van der Waals surface area contributed by atoms with Crippen molar-refractivity contribution < 1.29 is 22.0 Å². The highest BCUT2D eigenvalue weighted by atomic mass is 32.2. The van der Waals surface area contributed by atoms with E-state index < -0.39 is 22.5 Å². The van der Waals surface area contributed by atoms with Crippen molar-refractivity contribution in [2.24, 2.45) is 0 Å². The molecule has 1 N–H and O–H groups in total. The fraction of sp³-hybridized carbons (Fsp3) is 0.391. The third kappa shape index (κ3) is 5.20. The molecule has 0 spiro atoms. The first-order valence-corrected chi connectivity index (χ1v) is 12.7. The largest absolute Gasteiger partial charge is 0.337 e. The number of sulfonamides is 1. The van der Waals surface area contributed by atoms with Gasteiger partial charge in [-0.2, -0.15) is 13.1 Å². The van der Waals surface area contributed by atoms with Gasteiger partial charge >= 0.3 is 12.6 Å². The number of hydrogen-bond donors (Lipinski definition) is 1. The molecule has 1 aliphatic rings. The Morgan fingerprint density at radius 1 is 1.03 bits per heavy atom. The number of benzene rings is 2. The Morgan fingerprint density at radius 2 is 1.68 bits per heavy atom. The first-order valence-electron chi connectivity index (χ1n) is 11.1. The van der Waals surface area contributed by atoms with Gasteiger partial charge in [-0.05, 0) is 17.7 Å². The highest BCUT2D eigenvalue weighted by molar-refractivity contribution is 7.88. The van der Waals surface area contributed by atoms with Crippen molar-refractivity contribution in [3.8, 4) is 0 Å². The van der Waals surface area contributed by atoms with Crippen LogP contribution in [0.15, 0.2) is 54.6 Å². The summed E-state index contributed by atoms with van der Waals surface area (Å²) in [5.41, 5.74) is 1.54. The van der Waals surface area contributed by atoms with Crippen LogP contribution in [0.2, 0.25) is 0 Å². The lowest BCUT2D eigenvalue weighted by atomic mass is 10.1. The van der Waals surface area contributed by atoms with Crippen LogP contribution in [0.5, 0.6) is 0 Å². The monoisotopic (exact) mass is 491 g/mol. The van der Waals surface area contributed by atoms with Crippen molar-refractivity contribution in [2.45, 2.75) is 25.1 Å². The molecule has 2 aromatic carbocycles. The summed E-state index contributed by atoms with van der Waals surface area (Å²) in [6.45, 7) is 0.0358. The van der Waals surface area contributed by atoms with Gasteiger partial charge in [0.25, 0.3) is 0 Å². The lowest BCUT2D eigenvalue weighted by molar-refractivity contribution is 0.0704. The van der Waals surface area contributed by atoms with Crippen molar-refractivity contribution in [3.05, 3.63) is 66.0 Å². The molecule has 2 amide bonds. The second-order valence-electron chi connectivity index (χ2n) is 8.32. The summed E-state index contributed by atoms with van der Waals surface area (Å²) in [5, 5.41) is 2.78.